The van der Waals surface area contributed by atoms with Crippen LogP contribution in [0, 0.1) is 0 Å². The molecule has 0 aliphatic rings. The number of benzene rings is 1. The number of hydrogen-bond donors (Lipinski definition) is 1. The number of hydrogen-bond acceptors (Lipinski definition) is 2. The Kier molecular flexibility index (Phi) is 4.90. The summed E-state index contributed by atoms with van der Waals surface area (Å²) >= 11 is 3.32. The number of carboxylic acid groups (broad SMARTS) is 1. The molecule has 80 valence electrons. The minimum atomic E-state index is -0.932. The van der Waals surface area contributed by atoms with E-state index in [4.69, 9.17) is 9.84 Å². The molecule has 0 radical (unpaired) electrons. The minimum Gasteiger partial charge on any atom is -0.493 e. The molecule has 0 spiro atoms. The smallest absolute Gasteiger partial charge is 0.327 e. The van der Waals surface area contributed by atoms with Crippen LogP contribution in [0.15, 0.2) is 40.9 Å². The second-order valence-corrected chi connectivity index (χ2v) is 3.75. The van der Waals surface area contributed by atoms with Gasteiger partial charge in [0.15, 0.2) is 0 Å². The van der Waals surface area contributed by atoms with Crippen molar-refractivity contribution in [2.75, 3.05) is 6.61 Å². The highest BCUT2D eigenvalue weighted by atomic mass is 79.9. The first-order valence-electron chi connectivity index (χ1n) is 4.46. The van der Waals surface area contributed by atoms with E-state index in [1.165, 1.54) is 0 Å². The topological polar surface area (TPSA) is 46.5 Å². The predicted molar refractivity (Wildman–Crippen MR) is 61.0 cm³/mol. The Bertz CT molecular complexity index is 343. The van der Waals surface area contributed by atoms with Crippen LogP contribution in [0.2, 0.25) is 0 Å². The second kappa shape index (κ2) is 6.24. The Morgan fingerprint density at radius 2 is 2.07 bits per heavy atom. The number of halogens is 1. The molecule has 4 heteroatoms. The van der Waals surface area contributed by atoms with Gasteiger partial charge in [-0.25, -0.2) is 4.79 Å². The Morgan fingerprint density at radius 3 is 2.67 bits per heavy atom. The fourth-order valence-electron chi connectivity index (χ4n) is 0.960. The lowest BCUT2D eigenvalue weighted by atomic mass is 10.3. The van der Waals surface area contributed by atoms with E-state index in [1.807, 2.05) is 24.3 Å². The summed E-state index contributed by atoms with van der Waals surface area (Å²) in [5.74, 6) is -0.152. The van der Waals surface area contributed by atoms with Crippen molar-refractivity contribution in [2.24, 2.45) is 0 Å². The van der Waals surface area contributed by atoms with Crippen molar-refractivity contribution in [3.8, 4) is 5.75 Å². The third-order valence-electron chi connectivity index (χ3n) is 1.63. The van der Waals surface area contributed by atoms with Crippen molar-refractivity contribution in [1.82, 2.24) is 0 Å². The largest absolute Gasteiger partial charge is 0.493 e. The van der Waals surface area contributed by atoms with Crippen LogP contribution in [0.3, 0.4) is 0 Å². The van der Waals surface area contributed by atoms with Crippen molar-refractivity contribution in [1.29, 1.82) is 0 Å². The molecular weight excluding hydrogens is 260 g/mol. The molecule has 0 heterocycles. The van der Waals surface area contributed by atoms with Gasteiger partial charge < -0.3 is 9.84 Å². The average molecular weight is 271 g/mol. The van der Waals surface area contributed by atoms with E-state index < -0.39 is 5.97 Å². The van der Waals surface area contributed by atoms with Gasteiger partial charge in [0.2, 0.25) is 0 Å². The van der Waals surface area contributed by atoms with E-state index in [9.17, 15) is 4.79 Å². The predicted octanol–water partition coefficient (Wildman–Crippen LogP) is 2.86. The van der Waals surface area contributed by atoms with E-state index in [0.29, 0.717) is 13.0 Å². The summed E-state index contributed by atoms with van der Waals surface area (Å²) in [5, 5.41) is 8.33. The van der Waals surface area contributed by atoms with Crippen LogP contribution < -0.4 is 4.74 Å². The molecule has 0 fully saturated rings. The molecule has 1 aromatic rings. The molecule has 1 N–H and O–H groups in total. The van der Waals surface area contributed by atoms with Gasteiger partial charge in [-0.3, -0.25) is 0 Å². The van der Waals surface area contributed by atoms with Crippen molar-refractivity contribution < 1.29 is 14.6 Å². The molecule has 0 aromatic heterocycles. The van der Waals surface area contributed by atoms with Crippen LogP contribution in [0.4, 0.5) is 0 Å². The molecule has 0 unspecified atom stereocenters. The van der Waals surface area contributed by atoms with Gasteiger partial charge in [-0.05, 0) is 30.7 Å². The van der Waals surface area contributed by atoms with Crippen LogP contribution in [0.1, 0.15) is 6.42 Å². The van der Waals surface area contributed by atoms with Crippen LogP contribution >= 0.6 is 15.9 Å². The number of ether oxygens (including phenoxy) is 1. The zero-order valence-electron chi connectivity index (χ0n) is 8.02. The SMILES string of the molecule is O=C(O)/C=C/CCOc1ccc(Br)cc1. The lowest BCUT2D eigenvalue weighted by Gasteiger charge is -2.03. The lowest BCUT2D eigenvalue weighted by Crippen LogP contribution is -1.96. The van der Waals surface area contributed by atoms with Crippen molar-refractivity contribution in [3.05, 3.63) is 40.9 Å². The molecular formula is C11H11BrO3. The third kappa shape index (κ3) is 5.22. The van der Waals surface area contributed by atoms with Crippen LogP contribution in [0.5, 0.6) is 5.75 Å². The Labute approximate surface area is 96.5 Å². The summed E-state index contributed by atoms with van der Waals surface area (Å²) < 4.78 is 6.38. The van der Waals surface area contributed by atoms with Gasteiger partial charge in [0.1, 0.15) is 5.75 Å². The van der Waals surface area contributed by atoms with Gasteiger partial charge in [-0.1, -0.05) is 22.0 Å². The molecule has 1 aromatic carbocycles. The van der Waals surface area contributed by atoms with E-state index in [2.05, 4.69) is 15.9 Å². The molecule has 0 bridgehead atoms. The fraction of sp³-hybridized carbons (Fsp3) is 0.182. The van der Waals surface area contributed by atoms with E-state index in [1.54, 1.807) is 6.08 Å². The maximum atomic E-state index is 10.1. The Balaban J connectivity index is 2.26. The van der Waals surface area contributed by atoms with Gasteiger partial charge in [0.25, 0.3) is 0 Å². The summed E-state index contributed by atoms with van der Waals surface area (Å²) in [6.45, 7) is 0.478. The normalized spacial score (nSPS) is 10.5. The highest BCUT2D eigenvalue weighted by Crippen LogP contribution is 2.16. The zero-order chi connectivity index (χ0) is 11.1. The van der Waals surface area contributed by atoms with E-state index >= 15 is 0 Å². The van der Waals surface area contributed by atoms with Crippen LogP contribution in [0.25, 0.3) is 0 Å². The molecule has 0 saturated carbocycles. The summed E-state index contributed by atoms with van der Waals surface area (Å²) in [6.07, 6.45) is 3.27. The van der Waals surface area contributed by atoms with Crippen LogP contribution in [-0.2, 0) is 4.79 Å². The van der Waals surface area contributed by atoms with Crippen molar-refractivity contribution in [2.45, 2.75) is 6.42 Å². The zero-order valence-corrected chi connectivity index (χ0v) is 9.61. The number of aliphatic carboxylic acids is 1. The summed E-state index contributed by atoms with van der Waals surface area (Å²) in [4.78, 5) is 10.1. The first-order chi connectivity index (χ1) is 7.18. The number of rotatable bonds is 5. The second-order valence-electron chi connectivity index (χ2n) is 2.83. The van der Waals surface area contributed by atoms with Gasteiger partial charge in [0, 0.05) is 10.5 Å². The van der Waals surface area contributed by atoms with Crippen LogP contribution in [-0.4, -0.2) is 17.7 Å². The minimum absolute atomic E-state index is 0.478. The quantitative estimate of drug-likeness (QED) is 0.661. The van der Waals surface area contributed by atoms with E-state index in [0.717, 1.165) is 16.3 Å². The molecule has 15 heavy (non-hydrogen) atoms. The first-order valence-corrected chi connectivity index (χ1v) is 5.25. The summed E-state index contributed by atoms with van der Waals surface area (Å²) in [7, 11) is 0. The van der Waals surface area contributed by atoms with Gasteiger partial charge in [0.05, 0.1) is 6.61 Å². The van der Waals surface area contributed by atoms with Gasteiger partial charge >= 0.3 is 5.97 Å². The monoisotopic (exact) mass is 270 g/mol. The number of carboxylic acids is 1. The fourth-order valence-corrected chi connectivity index (χ4v) is 1.22. The molecule has 0 aliphatic heterocycles. The maximum Gasteiger partial charge on any atom is 0.327 e. The van der Waals surface area contributed by atoms with Crippen molar-refractivity contribution in [3.63, 3.8) is 0 Å². The highest BCUT2D eigenvalue weighted by Gasteiger charge is 1.92. The third-order valence-corrected chi connectivity index (χ3v) is 2.16. The van der Waals surface area contributed by atoms with Gasteiger partial charge in [-0.15, -0.1) is 0 Å². The van der Waals surface area contributed by atoms with Crippen molar-refractivity contribution >= 4 is 21.9 Å². The maximum absolute atomic E-state index is 10.1. The molecule has 0 amide bonds. The summed E-state index contributed by atoms with van der Waals surface area (Å²) in [6, 6.07) is 7.49. The lowest BCUT2D eigenvalue weighted by molar-refractivity contribution is -0.131. The average Bonchev–Trinajstić information content (AvgIpc) is 2.20. The van der Waals surface area contributed by atoms with Gasteiger partial charge in [-0.2, -0.15) is 0 Å². The molecule has 1 rings (SSSR count). The molecule has 0 atom stereocenters. The van der Waals surface area contributed by atoms with E-state index in [-0.39, 0.29) is 0 Å². The Morgan fingerprint density at radius 1 is 1.40 bits per heavy atom. The summed E-state index contributed by atoms with van der Waals surface area (Å²) in [5.41, 5.74) is 0. The first kappa shape index (κ1) is 11.8. The molecule has 0 aliphatic carbocycles. The molecule has 0 saturated heterocycles. The standard InChI is InChI=1S/C11H11BrO3/c12-9-4-6-10(7-5-9)15-8-2-1-3-11(13)14/h1,3-7H,2,8H2,(H,13,14)/b3-1+. The molecule has 3 nitrogen and oxygen atoms in total. The number of carbonyl (C=O) groups is 1. The highest BCUT2D eigenvalue weighted by molar-refractivity contribution is 9.10. The Hall–Kier alpha value is -1.29.